The van der Waals surface area contributed by atoms with E-state index in [-0.39, 0.29) is 59.1 Å². The van der Waals surface area contributed by atoms with Crippen LogP contribution in [0.1, 0.15) is 37.3 Å². The fourth-order valence-corrected chi connectivity index (χ4v) is 3.24. The van der Waals surface area contributed by atoms with E-state index in [4.69, 9.17) is 0 Å². The molecule has 128 valence electrons. The van der Waals surface area contributed by atoms with Crippen LogP contribution in [-0.2, 0) is 25.5 Å². The summed E-state index contributed by atoms with van der Waals surface area (Å²) in [5.41, 5.74) is 0.860. The summed E-state index contributed by atoms with van der Waals surface area (Å²) in [6.07, 6.45) is 0.383. The third-order valence-corrected chi connectivity index (χ3v) is 4.51. The zero-order valence-electron chi connectivity index (χ0n) is 14.8. The standard InChI is InChI=1S/C15H20O7S.2Na/c1-3-12(13(15(18)19)9(2)14(16)17)11-6-4-10(5-7-11)8-23(20,21)22;;/h4-7,9,12-13H,3,8H2,1-2H3,(H,16,17)(H,18,19)(H,20,21,22);;/q;2*+1/p-2. The number of rotatable bonds is 8. The van der Waals surface area contributed by atoms with Crippen LogP contribution in [0.2, 0.25) is 0 Å². The third-order valence-electron chi connectivity index (χ3n) is 3.82. The predicted octanol–water partition coefficient (Wildman–Crippen LogP) is -5.68. The van der Waals surface area contributed by atoms with E-state index in [1.54, 1.807) is 6.92 Å². The first-order chi connectivity index (χ1) is 10.6. The van der Waals surface area contributed by atoms with Gasteiger partial charge in [0.2, 0.25) is 0 Å². The molecule has 0 radical (unpaired) electrons. The van der Waals surface area contributed by atoms with Crippen LogP contribution in [0.3, 0.4) is 0 Å². The van der Waals surface area contributed by atoms with Gasteiger partial charge >= 0.3 is 65.1 Å². The minimum Gasteiger partial charge on any atom is -0.748 e. The maximum absolute atomic E-state index is 11.5. The molecule has 0 saturated carbocycles. The molecule has 0 aliphatic rings. The molecule has 0 saturated heterocycles. The normalized spacial score (nSPS) is 14.4. The van der Waals surface area contributed by atoms with Crippen molar-refractivity contribution >= 4 is 22.1 Å². The van der Waals surface area contributed by atoms with Crippen LogP contribution in [0.25, 0.3) is 0 Å². The predicted molar refractivity (Wildman–Crippen MR) is 78.2 cm³/mol. The molecule has 1 aromatic rings. The minimum atomic E-state index is -4.40. The first-order valence-electron chi connectivity index (χ1n) is 7.02. The number of hydrogen-bond donors (Lipinski definition) is 1. The van der Waals surface area contributed by atoms with Gasteiger partial charge in [-0.15, -0.1) is 0 Å². The van der Waals surface area contributed by atoms with E-state index < -0.39 is 45.6 Å². The summed E-state index contributed by atoms with van der Waals surface area (Å²) in [5.74, 6) is -6.25. The summed E-state index contributed by atoms with van der Waals surface area (Å²) >= 11 is 0. The van der Waals surface area contributed by atoms with Crippen LogP contribution < -0.4 is 64.2 Å². The van der Waals surface area contributed by atoms with E-state index in [1.807, 2.05) is 0 Å². The van der Waals surface area contributed by atoms with Crippen molar-refractivity contribution in [1.29, 1.82) is 0 Å². The van der Waals surface area contributed by atoms with E-state index in [0.717, 1.165) is 0 Å². The molecule has 0 aliphatic heterocycles. The molecule has 3 unspecified atom stereocenters. The molecule has 0 heterocycles. The minimum absolute atomic E-state index is 0. The smallest absolute Gasteiger partial charge is 0.748 e. The molecule has 10 heteroatoms. The van der Waals surface area contributed by atoms with Crippen molar-refractivity contribution in [3.05, 3.63) is 35.4 Å². The molecular weight excluding hydrogens is 370 g/mol. The number of carboxylic acid groups (broad SMARTS) is 2. The second-order valence-electron chi connectivity index (χ2n) is 5.43. The number of aliphatic carboxylic acids is 2. The molecule has 1 N–H and O–H groups in total. The maximum Gasteiger partial charge on any atom is 1.00 e. The summed E-state index contributed by atoms with van der Waals surface area (Å²) in [5, 5.41) is 20.4. The Bertz CT molecular complexity index is 674. The third kappa shape index (κ3) is 8.53. The zero-order valence-corrected chi connectivity index (χ0v) is 19.6. The van der Waals surface area contributed by atoms with Crippen molar-refractivity contribution in [2.75, 3.05) is 0 Å². The summed E-state index contributed by atoms with van der Waals surface area (Å²) in [7, 11) is -4.40. The average Bonchev–Trinajstić information content (AvgIpc) is 2.42. The zero-order chi connectivity index (χ0) is 17.8. The van der Waals surface area contributed by atoms with Crippen LogP contribution in [0.15, 0.2) is 24.3 Å². The van der Waals surface area contributed by atoms with Crippen molar-refractivity contribution in [3.63, 3.8) is 0 Å². The van der Waals surface area contributed by atoms with E-state index in [2.05, 4.69) is 0 Å². The van der Waals surface area contributed by atoms with Gasteiger partial charge in [-0.2, -0.15) is 0 Å². The van der Waals surface area contributed by atoms with E-state index >= 15 is 0 Å². The van der Waals surface area contributed by atoms with Crippen molar-refractivity contribution < 1.29 is 91.9 Å². The Morgan fingerprint density at radius 3 is 1.96 bits per heavy atom. The van der Waals surface area contributed by atoms with E-state index in [9.17, 15) is 32.8 Å². The number of hydrogen-bond acceptors (Lipinski definition) is 6. The quantitative estimate of drug-likeness (QED) is 0.346. The van der Waals surface area contributed by atoms with Crippen LogP contribution in [0, 0.1) is 11.8 Å². The van der Waals surface area contributed by atoms with Gasteiger partial charge in [-0.1, -0.05) is 38.1 Å². The summed E-state index contributed by atoms with van der Waals surface area (Å²) in [6, 6.07) is 5.89. The number of benzene rings is 1. The van der Waals surface area contributed by atoms with Crippen LogP contribution in [0.5, 0.6) is 0 Å². The Balaban J connectivity index is 0. The van der Waals surface area contributed by atoms with Crippen molar-refractivity contribution in [1.82, 2.24) is 0 Å². The average molecular weight is 388 g/mol. The van der Waals surface area contributed by atoms with Gasteiger partial charge in [0, 0.05) is 11.9 Å². The van der Waals surface area contributed by atoms with E-state index in [1.165, 1.54) is 31.2 Å². The Morgan fingerprint density at radius 2 is 1.64 bits per heavy atom. The fourth-order valence-electron chi connectivity index (χ4n) is 2.64. The summed E-state index contributed by atoms with van der Waals surface area (Å²) < 4.78 is 32.2. The molecule has 0 aliphatic carbocycles. The maximum atomic E-state index is 11.5. The molecular formula is C15H18Na2O7S. The van der Waals surface area contributed by atoms with Crippen LogP contribution in [-0.4, -0.2) is 30.0 Å². The largest absolute Gasteiger partial charge is 1.00 e. The molecule has 0 aromatic heterocycles. The molecule has 0 amide bonds. The first kappa shape index (κ1) is 27.3. The monoisotopic (exact) mass is 388 g/mol. The fraction of sp³-hybridized carbons (Fsp3) is 0.467. The molecule has 1 aromatic carbocycles. The van der Waals surface area contributed by atoms with Crippen molar-refractivity contribution in [2.24, 2.45) is 11.8 Å². The van der Waals surface area contributed by atoms with Crippen LogP contribution in [0.4, 0.5) is 0 Å². The van der Waals surface area contributed by atoms with Gasteiger partial charge in [0.25, 0.3) is 0 Å². The van der Waals surface area contributed by atoms with Gasteiger partial charge in [0.15, 0.2) is 0 Å². The number of carbonyl (C=O) groups excluding carboxylic acids is 1. The number of carbonyl (C=O) groups is 2. The summed E-state index contributed by atoms with van der Waals surface area (Å²) in [6.45, 7) is 3.02. The SMILES string of the molecule is CCC(c1ccc(CS(=O)(=O)[O-])cc1)C(C(=O)O)C(C)C(=O)[O-].[Na+].[Na+]. The topological polar surface area (TPSA) is 135 Å². The first-order valence-corrected chi connectivity index (χ1v) is 8.60. The van der Waals surface area contributed by atoms with Gasteiger partial charge in [-0.05, 0) is 23.5 Å². The second kappa shape index (κ2) is 11.7. The van der Waals surface area contributed by atoms with Gasteiger partial charge in [-0.3, -0.25) is 4.79 Å². The van der Waals surface area contributed by atoms with Crippen molar-refractivity contribution in [3.8, 4) is 0 Å². The molecule has 0 fully saturated rings. The van der Waals surface area contributed by atoms with E-state index in [0.29, 0.717) is 17.5 Å². The molecule has 1 rings (SSSR count). The van der Waals surface area contributed by atoms with Gasteiger partial charge in [0.05, 0.1) is 21.8 Å². The number of carboxylic acids is 2. The molecule has 0 spiro atoms. The Hall–Kier alpha value is 0.0700. The molecule has 3 atom stereocenters. The van der Waals surface area contributed by atoms with Gasteiger partial charge in [0.1, 0.15) is 0 Å². The van der Waals surface area contributed by atoms with Crippen molar-refractivity contribution in [2.45, 2.75) is 31.9 Å². The molecule has 7 nitrogen and oxygen atoms in total. The van der Waals surface area contributed by atoms with Gasteiger partial charge < -0.3 is 19.6 Å². The Morgan fingerprint density at radius 1 is 1.16 bits per heavy atom. The van der Waals surface area contributed by atoms with Crippen LogP contribution >= 0.6 is 0 Å². The van der Waals surface area contributed by atoms with Gasteiger partial charge in [-0.25, -0.2) is 8.42 Å². The Kier molecular flexibility index (Phi) is 12.8. The molecule has 25 heavy (non-hydrogen) atoms. The molecule has 0 bridgehead atoms. The summed E-state index contributed by atoms with van der Waals surface area (Å²) in [4.78, 5) is 22.5. The Labute approximate surface area is 191 Å². The second-order valence-corrected chi connectivity index (χ2v) is 6.83.